The number of hydrogen-bond acceptors (Lipinski definition) is 3. The van der Waals surface area contributed by atoms with Gasteiger partial charge in [0.15, 0.2) is 0 Å². The predicted octanol–water partition coefficient (Wildman–Crippen LogP) is 2.14. The molecule has 4 heteroatoms. The van der Waals surface area contributed by atoms with Crippen LogP contribution < -0.4 is 10.1 Å². The zero-order valence-electron chi connectivity index (χ0n) is 10.5. The SMILES string of the molecule is COCCNCCCOc1ccc(F)c(C)c1. The Morgan fingerprint density at radius 3 is 2.76 bits per heavy atom. The number of ether oxygens (including phenoxy) is 2. The summed E-state index contributed by atoms with van der Waals surface area (Å²) in [5, 5.41) is 3.23. The first kappa shape index (κ1) is 13.9. The second-order valence-electron chi connectivity index (χ2n) is 3.86. The number of aryl methyl sites for hydroxylation is 1. The van der Waals surface area contributed by atoms with Crippen LogP contribution in [0.25, 0.3) is 0 Å². The normalized spacial score (nSPS) is 10.5. The van der Waals surface area contributed by atoms with Gasteiger partial charge >= 0.3 is 0 Å². The molecule has 0 amide bonds. The molecule has 0 spiro atoms. The molecule has 1 aromatic carbocycles. The largest absolute Gasteiger partial charge is 0.494 e. The first-order chi connectivity index (χ1) is 8.24. The van der Waals surface area contributed by atoms with Crippen LogP contribution in [0.5, 0.6) is 5.75 Å². The zero-order chi connectivity index (χ0) is 12.5. The van der Waals surface area contributed by atoms with E-state index in [0.717, 1.165) is 31.9 Å². The Balaban J connectivity index is 2.11. The second-order valence-corrected chi connectivity index (χ2v) is 3.86. The van der Waals surface area contributed by atoms with E-state index in [9.17, 15) is 4.39 Å². The average Bonchev–Trinajstić information content (AvgIpc) is 2.32. The Kier molecular flexibility index (Phi) is 6.58. The van der Waals surface area contributed by atoms with E-state index in [2.05, 4.69) is 5.32 Å². The number of benzene rings is 1. The summed E-state index contributed by atoms with van der Waals surface area (Å²) < 4.78 is 23.4. The lowest BCUT2D eigenvalue weighted by Crippen LogP contribution is -2.21. The molecule has 3 nitrogen and oxygen atoms in total. The first-order valence-electron chi connectivity index (χ1n) is 5.82. The Bertz CT molecular complexity index is 331. The molecule has 0 saturated carbocycles. The Morgan fingerprint density at radius 1 is 1.24 bits per heavy atom. The number of methoxy groups -OCH3 is 1. The van der Waals surface area contributed by atoms with Crippen molar-refractivity contribution in [3.8, 4) is 5.75 Å². The lowest BCUT2D eigenvalue weighted by atomic mass is 10.2. The molecule has 0 aliphatic heterocycles. The third-order valence-electron chi connectivity index (χ3n) is 2.38. The van der Waals surface area contributed by atoms with E-state index in [1.54, 1.807) is 26.2 Å². The molecule has 1 N–H and O–H groups in total. The van der Waals surface area contributed by atoms with Crippen LogP contribution in [0.4, 0.5) is 4.39 Å². The number of hydrogen-bond donors (Lipinski definition) is 1. The molecule has 1 rings (SSSR count). The van der Waals surface area contributed by atoms with Crippen LogP contribution in [0.15, 0.2) is 18.2 Å². The number of rotatable bonds is 8. The van der Waals surface area contributed by atoms with Crippen LogP contribution in [0.1, 0.15) is 12.0 Å². The van der Waals surface area contributed by atoms with Crippen molar-refractivity contribution in [1.82, 2.24) is 5.32 Å². The molecule has 0 radical (unpaired) electrons. The van der Waals surface area contributed by atoms with Gasteiger partial charge in [0.05, 0.1) is 13.2 Å². The average molecular weight is 241 g/mol. The molecular formula is C13H20FNO2. The predicted molar refractivity (Wildman–Crippen MR) is 66.0 cm³/mol. The minimum Gasteiger partial charge on any atom is -0.494 e. The van der Waals surface area contributed by atoms with Crippen LogP contribution in [0, 0.1) is 12.7 Å². The zero-order valence-corrected chi connectivity index (χ0v) is 10.5. The van der Waals surface area contributed by atoms with E-state index in [4.69, 9.17) is 9.47 Å². The lowest BCUT2D eigenvalue weighted by molar-refractivity contribution is 0.198. The fourth-order valence-electron chi connectivity index (χ4n) is 1.39. The summed E-state index contributed by atoms with van der Waals surface area (Å²) in [5.41, 5.74) is 0.612. The highest BCUT2D eigenvalue weighted by Crippen LogP contribution is 2.15. The smallest absolute Gasteiger partial charge is 0.126 e. The summed E-state index contributed by atoms with van der Waals surface area (Å²) in [5.74, 6) is 0.527. The monoisotopic (exact) mass is 241 g/mol. The Labute approximate surface area is 102 Å². The number of nitrogens with one attached hydrogen (secondary N) is 1. The summed E-state index contributed by atoms with van der Waals surface area (Å²) >= 11 is 0. The van der Waals surface area contributed by atoms with Crippen molar-refractivity contribution in [2.75, 3.05) is 33.4 Å². The maximum Gasteiger partial charge on any atom is 0.126 e. The van der Waals surface area contributed by atoms with Gasteiger partial charge in [-0.05, 0) is 43.7 Å². The molecule has 0 fully saturated rings. The van der Waals surface area contributed by atoms with Gasteiger partial charge in [-0.3, -0.25) is 0 Å². The van der Waals surface area contributed by atoms with Crippen molar-refractivity contribution in [3.05, 3.63) is 29.6 Å². The van der Waals surface area contributed by atoms with Crippen LogP contribution in [0.3, 0.4) is 0 Å². The van der Waals surface area contributed by atoms with E-state index in [0.29, 0.717) is 12.2 Å². The minimum atomic E-state index is -0.196. The Morgan fingerprint density at radius 2 is 2.06 bits per heavy atom. The topological polar surface area (TPSA) is 30.5 Å². The Hall–Kier alpha value is -1.13. The van der Waals surface area contributed by atoms with E-state index in [1.165, 1.54) is 6.07 Å². The van der Waals surface area contributed by atoms with Crippen molar-refractivity contribution in [2.45, 2.75) is 13.3 Å². The quantitative estimate of drug-likeness (QED) is 0.707. The fraction of sp³-hybridized carbons (Fsp3) is 0.538. The van der Waals surface area contributed by atoms with E-state index < -0.39 is 0 Å². The highest BCUT2D eigenvalue weighted by Gasteiger charge is 1.99. The van der Waals surface area contributed by atoms with E-state index in [1.807, 2.05) is 0 Å². The lowest BCUT2D eigenvalue weighted by Gasteiger charge is -2.08. The van der Waals surface area contributed by atoms with Crippen LogP contribution in [-0.4, -0.2) is 33.4 Å². The molecule has 0 unspecified atom stereocenters. The molecular weight excluding hydrogens is 221 g/mol. The molecule has 0 aliphatic rings. The molecule has 0 atom stereocenters. The third-order valence-corrected chi connectivity index (χ3v) is 2.38. The minimum absolute atomic E-state index is 0.196. The van der Waals surface area contributed by atoms with Gasteiger partial charge in [0.1, 0.15) is 11.6 Å². The highest BCUT2D eigenvalue weighted by atomic mass is 19.1. The molecule has 0 heterocycles. The van der Waals surface area contributed by atoms with Gasteiger partial charge in [-0.15, -0.1) is 0 Å². The summed E-state index contributed by atoms with van der Waals surface area (Å²) in [4.78, 5) is 0. The van der Waals surface area contributed by atoms with Crippen molar-refractivity contribution in [3.63, 3.8) is 0 Å². The maximum absolute atomic E-state index is 13.0. The molecule has 0 bridgehead atoms. The summed E-state index contributed by atoms with van der Waals surface area (Å²) in [7, 11) is 1.68. The second kappa shape index (κ2) is 8.03. The van der Waals surface area contributed by atoms with Crippen molar-refractivity contribution >= 4 is 0 Å². The van der Waals surface area contributed by atoms with Crippen molar-refractivity contribution in [2.24, 2.45) is 0 Å². The van der Waals surface area contributed by atoms with Gasteiger partial charge < -0.3 is 14.8 Å². The van der Waals surface area contributed by atoms with Crippen molar-refractivity contribution < 1.29 is 13.9 Å². The molecule has 17 heavy (non-hydrogen) atoms. The molecule has 1 aromatic rings. The first-order valence-corrected chi connectivity index (χ1v) is 5.82. The standard InChI is InChI=1S/C13H20FNO2/c1-11-10-12(4-5-13(11)14)17-8-3-6-15-7-9-16-2/h4-5,10,15H,3,6-9H2,1-2H3. The van der Waals surface area contributed by atoms with Gasteiger partial charge in [0.25, 0.3) is 0 Å². The van der Waals surface area contributed by atoms with Crippen LogP contribution in [-0.2, 0) is 4.74 Å². The van der Waals surface area contributed by atoms with Crippen LogP contribution in [0.2, 0.25) is 0 Å². The maximum atomic E-state index is 13.0. The third kappa shape index (κ3) is 5.65. The molecule has 0 aliphatic carbocycles. The van der Waals surface area contributed by atoms with Crippen molar-refractivity contribution in [1.29, 1.82) is 0 Å². The van der Waals surface area contributed by atoms with Gasteiger partial charge in [-0.2, -0.15) is 0 Å². The van der Waals surface area contributed by atoms with Gasteiger partial charge in [-0.25, -0.2) is 4.39 Å². The van der Waals surface area contributed by atoms with E-state index in [-0.39, 0.29) is 5.82 Å². The summed E-state index contributed by atoms with van der Waals surface area (Å²) in [6, 6.07) is 4.80. The summed E-state index contributed by atoms with van der Waals surface area (Å²) in [6.45, 7) is 4.83. The van der Waals surface area contributed by atoms with E-state index >= 15 is 0 Å². The highest BCUT2D eigenvalue weighted by molar-refractivity contribution is 5.28. The van der Waals surface area contributed by atoms with Gasteiger partial charge in [0, 0.05) is 13.7 Å². The van der Waals surface area contributed by atoms with Crippen LogP contribution >= 0.6 is 0 Å². The molecule has 0 aromatic heterocycles. The number of halogens is 1. The molecule has 96 valence electrons. The molecule has 0 saturated heterocycles. The van der Waals surface area contributed by atoms with Gasteiger partial charge in [-0.1, -0.05) is 0 Å². The summed E-state index contributed by atoms with van der Waals surface area (Å²) in [6.07, 6.45) is 0.917. The fourth-order valence-corrected chi connectivity index (χ4v) is 1.39. The van der Waals surface area contributed by atoms with Gasteiger partial charge in [0.2, 0.25) is 0 Å².